The van der Waals surface area contributed by atoms with Gasteiger partial charge in [0, 0.05) is 6.61 Å². The molecule has 4 nitrogen and oxygen atoms in total. The molecule has 0 saturated carbocycles. The largest absolute Gasteiger partial charge is 0.508 e. The summed E-state index contributed by atoms with van der Waals surface area (Å²) in [6, 6.07) is 0. The summed E-state index contributed by atoms with van der Waals surface area (Å²) in [6.45, 7) is 6.44. The normalized spacial score (nSPS) is 17.6. The Morgan fingerprint density at radius 3 is 2.15 bits per heavy atom. The summed E-state index contributed by atoms with van der Waals surface area (Å²) in [4.78, 5) is 10.8. The minimum Gasteiger partial charge on any atom is -0.433 e. The van der Waals surface area contributed by atoms with Crippen molar-refractivity contribution in [1.29, 1.82) is 0 Å². The molecule has 0 N–H and O–H groups in total. The van der Waals surface area contributed by atoms with Crippen LogP contribution in [0.4, 0.5) is 4.79 Å². The van der Waals surface area contributed by atoms with Gasteiger partial charge < -0.3 is 14.2 Å². The summed E-state index contributed by atoms with van der Waals surface area (Å²) in [6.07, 6.45) is 9.89. The molecule has 1 fully saturated rings. The van der Waals surface area contributed by atoms with Gasteiger partial charge in [0.05, 0.1) is 12.0 Å². The highest BCUT2D eigenvalue weighted by atomic mass is 16.7. The second-order valence-corrected chi connectivity index (χ2v) is 6.17. The standard InChI is InChI=1S/C16H30O4/c1-3-4-5-6-7-8-9-10-11-18-12-16(2)13-19-15(17)20-14-16/h3-14H2,1-2H3. The fourth-order valence-corrected chi connectivity index (χ4v) is 2.29. The number of carbonyl (C=O) groups is 1. The van der Waals surface area contributed by atoms with Crippen molar-refractivity contribution in [1.82, 2.24) is 0 Å². The number of ether oxygens (including phenoxy) is 3. The van der Waals surface area contributed by atoms with E-state index in [1.807, 2.05) is 6.92 Å². The van der Waals surface area contributed by atoms with Gasteiger partial charge in [-0.2, -0.15) is 0 Å². The molecular formula is C16H30O4. The lowest BCUT2D eigenvalue weighted by molar-refractivity contribution is -0.0852. The molecule has 0 unspecified atom stereocenters. The highest BCUT2D eigenvalue weighted by Gasteiger charge is 2.33. The average Bonchev–Trinajstić information content (AvgIpc) is 2.45. The molecule has 0 aromatic rings. The van der Waals surface area contributed by atoms with Crippen molar-refractivity contribution in [2.75, 3.05) is 26.4 Å². The van der Waals surface area contributed by atoms with E-state index in [4.69, 9.17) is 14.2 Å². The summed E-state index contributed by atoms with van der Waals surface area (Å²) in [5.74, 6) is 0. The minimum atomic E-state index is -0.564. The number of hydrogen-bond donors (Lipinski definition) is 0. The fourth-order valence-electron chi connectivity index (χ4n) is 2.29. The summed E-state index contributed by atoms with van der Waals surface area (Å²) >= 11 is 0. The molecule has 1 heterocycles. The lowest BCUT2D eigenvalue weighted by Gasteiger charge is -2.31. The summed E-state index contributed by atoms with van der Waals surface area (Å²) in [5, 5.41) is 0. The Kier molecular flexibility index (Phi) is 8.67. The Labute approximate surface area is 123 Å². The van der Waals surface area contributed by atoms with Crippen LogP contribution in [0, 0.1) is 5.41 Å². The van der Waals surface area contributed by atoms with Gasteiger partial charge >= 0.3 is 6.16 Å². The van der Waals surface area contributed by atoms with Crippen LogP contribution < -0.4 is 0 Å². The van der Waals surface area contributed by atoms with E-state index < -0.39 is 6.16 Å². The Morgan fingerprint density at radius 2 is 1.55 bits per heavy atom. The molecular weight excluding hydrogens is 256 g/mol. The number of hydrogen-bond acceptors (Lipinski definition) is 4. The number of cyclic esters (lactones) is 2. The SMILES string of the molecule is CCCCCCCCCCOCC1(C)COC(=O)OC1. The van der Waals surface area contributed by atoms with Crippen LogP contribution in [-0.2, 0) is 14.2 Å². The van der Waals surface area contributed by atoms with Crippen molar-refractivity contribution >= 4 is 6.16 Å². The third kappa shape index (κ3) is 7.73. The number of carbonyl (C=O) groups excluding carboxylic acids is 1. The second kappa shape index (κ2) is 10.0. The summed E-state index contributed by atoms with van der Waals surface area (Å²) < 4.78 is 15.5. The molecule has 0 bridgehead atoms. The summed E-state index contributed by atoms with van der Waals surface area (Å²) in [7, 11) is 0. The lowest BCUT2D eigenvalue weighted by Crippen LogP contribution is -2.40. The van der Waals surface area contributed by atoms with Crippen LogP contribution in [0.3, 0.4) is 0 Å². The van der Waals surface area contributed by atoms with Crippen molar-refractivity contribution in [3.63, 3.8) is 0 Å². The molecule has 4 heteroatoms. The van der Waals surface area contributed by atoms with Crippen LogP contribution in [0.25, 0.3) is 0 Å². The maximum Gasteiger partial charge on any atom is 0.508 e. The maximum atomic E-state index is 10.8. The molecule has 0 aromatic heterocycles. The van der Waals surface area contributed by atoms with E-state index >= 15 is 0 Å². The highest BCUT2D eigenvalue weighted by molar-refractivity contribution is 5.60. The molecule has 0 spiro atoms. The second-order valence-electron chi connectivity index (χ2n) is 6.17. The van der Waals surface area contributed by atoms with Crippen molar-refractivity contribution < 1.29 is 19.0 Å². The zero-order chi connectivity index (χ0) is 14.7. The highest BCUT2D eigenvalue weighted by Crippen LogP contribution is 2.22. The molecule has 20 heavy (non-hydrogen) atoms. The van der Waals surface area contributed by atoms with Gasteiger partial charge in [-0.25, -0.2) is 4.79 Å². The first-order valence-corrected chi connectivity index (χ1v) is 8.03. The third-order valence-corrected chi connectivity index (χ3v) is 3.67. The van der Waals surface area contributed by atoms with Gasteiger partial charge in [-0.05, 0) is 6.42 Å². The van der Waals surface area contributed by atoms with E-state index in [-0.39, 0.29) is 5.41 Å². The molecule has 0 radical (unpaired) electrons. The van der Waals surface area contributed by atoms with Gasteiger partial charge in [-0.1, -0.05) is 58.8 Å². The van der Waals surface area contributed by atoms with Gasteiger partial charge in [0.2, 0.25) is 0 Å². The predicted octanol–water partition coefficient (Wildman–Crippen LogP) is 4.32. The molecule has 1 aliphatic heterocycles. The number of unbranched alkanes of at least 4 members (excludes halogenated alkanes) is 7. The quantitative estimate of drug-likeness (QED) is 0.419. The molecule has 1 aliphatic rings. The van der Waals surface area contributed by atoms with Crippen LogP contribution in [0.15, 0.2) is 0 Å². The van der Waals surface area contributed by atoms with Crippen LogP contribution in [0.5, 0.6) is 0 Å². The van der Waals surface area contributed by atoms with Crippen LogP contribution in [0.2, 0.25) is 0 Å². The molecule has 0 amide bonds. The maximum absolute atomic E-state index is 10.8. The third-order valence-electron chi connectivity index (χ3n) is 3.67. The topological polar surface area (TPSA) is 44.8 Å². The first-order chi connectivity index (χ1) is 9.66. The molecule has 1 saturated heterocycles. The minimum absolute atomic E-state index is 0.186. The molecule has 118 valence electrons. The fraction of sp³-hybridized carbons (Fsp3) is 0.938. The Hall–Kier alpha value is -0.770. The van der Waals surface area contributed by atoms with Crippen molar-refractivity contribution in [2.24, 2.45) is 5.41 Å². The van der Waals surface area contributed by atoms with Gasteiger partial charge in [0.25, 0.3) is 0 Å². The van der Waals surface area contributed by atoms with Crippen molar-refractivity contribution in [3.05, 3.63) is 0 Å². The van der Waals surface area contributed by atoms with E-state index in [1.165, 1.54) is 44.9 Å². The Morgan fingerprint density at radius 1 is 1.00 bits per heavy atom. The van der Waals surface area contributed by atoms with Crippen LogP contribution >= 0.6 is 0 Å². The molecule has 0 aliphatic carbocycles. The van der Waals surface area contributed by atoms with E-state index in [1.54, 1.807) is 0 Å². The van der Waals surface area contributed by atoms with Gasteiger partial charge in [-0.15, -0.1) is 0 Å². The van der Waals surface area contributed by atoms with E-state index in [0.717, 1.165) is 13.0 Å². The zero-order valence-electron chi connectivity index (χ0n) is 13.1. The van der Waals surface area contributed by atoms with Crippen molar-refractivity contribution in [2.45, 2.75) is 65.2 Å². The van der Waals surface area contributed by atoms with E-state index in [9.17, 15) is 4.79 Å². The lowest BCUT2D eigenvalue weighted by atomic mass is 9.94. The molecule has 1 rings (SSSR count). The molecule has 0 atom stereocenters. The monoisotopic (exact) mass is 286 g/mol. The zero-order valence-corrected chi connectivity index (χ0v) is 13.1. The Bertz CT molecular complexity index is 255. The van der Waals surface area contributed by atoms with Gasteiger partial charge in [0.1, 0.15) is 13.2 Å². The van der Waals surface area contributed by atoms with E-state index in [0.29, 0.717) is 19.8 Å². The average molecular weight is 286 g/mol. The first-order valence-electron chi connectivity index (χ1n) is 8.03. The van der Waals surface area contributed by atoms with Gasteiger partial charge in [-0.3, -0.25) is 0 Å². The smallest absolute Gasteiger partial charge is 0.433 e. The van der Waals surface area contributed by atoms with Crippen molar-refractivity contribution in [3.8, 4) is 0 Å². The van der Waals surface area contributed by atoms with Gasteiger partial charge in [0.15, 0.2) is 0 Å². The van der Waals surface area contributed by atoms with Crippen LogP contribution in [0.1, 0.15) is 65.2 Å². The predicted molar refractivity (Wildman–Crippen MR) is 78.8 cm³/mol. The Balaban J connectivity index is 1.88. The summed E-state index contributed by atoms with van der Waals surface area (Å²) in [5.41, 5.74) is -0.186. The number of rotatable bonds is 11. The first kappa shape index (κ1) is 17.3. The van der Waals surface area contributed by atoms with Crippen LogP contribution in [-0.4, -0.2) is 32.6 Å². The molecule has 0 aromatic carbocycles. The van der Waals surface area contributed by atoms with E-state index in [2.05, 4.69) is 6.92 Å².